The number of hydrogen-bond donors (Lipinski definition) is 1. The minimum Gasteiger partial charge on any atom is -0.354 e. The van der Waals surface area contributed by atoms with Crippen LogP contribution >= 0.6 is 0 Å². The van der Waals surface area contributed by atoms with Crippen LogP contribution in [-0.4, -0.2) is 49.0 Å². The topological polar surface area (TPSA) is 48.5 Å². The van der Waals surface area contributed by atoms with Gasteiger partial charge < -0.3 is 15.1 Å². The monoisotopic (exact) mass is 536 g/mol. The van der Waals surface area contributed by atoms with E-state index >= 15 is 0 Å². The quantitative estimate of drug-likeness (QED) is 0.421. The molecule has 1 aromatic heterocycles. The van der Waals surface area contributed by atoms with E-state index < -0.39 is 35.9 Å². The molecule has 5 nitrogen and oxygen atoms in total. The number of aromatic nitrogens is 1. The van der Waals surface area contributed by atoms with E-state index in [0.717, 1.165) is 31.7 Å². The smallest absolute Gasteiger partial charge is 0.354 e. The first-order valence-corrected chi connectivity index (χ1v) is 11.9. The van der Waals surface area contributed by atoms with Crippen LogP contribution in [0.2, 0.25) is 0 Å². The molecule has 0 saturated carbocycles. The highest BCUT2D eigenvalue weighted by atomic mass is 19.4. The summed E-state index contributed by atoms with van der Waals surface area (Å²) in [6.07, 6.45) is -9.94. The van der Waals surface area contributed by atoms with Crippen LogP contribution in [0.4, 0.5) is 32.2 Å². The van der Waals surface area contributed by atoms with Gasteiger partial charge in [0.05, 0.1) is 22.4 Å². The summed E-state index contributed by atoms with van der Waals surface area (Å²) < 4.78 is 79.4. The molecular formula is C27H26F6N4O. The number of amides is 1. The Morgan fingerprint density at radius 3 is 2.03 bits per heavy atom. The standard InChI is InChI=1S/C27H26F6N4O/c1-17-24(25(38)34-16-18-12-20(26(28,29)30)14-21(13-18)27(31,32)33)22(19-6-4-3-5-7-19)15-23(35-17)37-10-8-36(2)9-11-37/h3-7,12-15H,8-11,16H2,1-2H3,(H,34,38). The van der Waals surface area contributed by atoms with Gasteiger partial charge in [0.25, 0.3) is 5.91 Å². The molecule has 0 radical (unpaired) electrons. The largest absolute Gasteiger partial charge is 0.416 e. The fraction of sp³-hybridized carbons (Fsp3) is 0.333. The highest BCUT2D eigenvalue weighted by Gasteiger charge is 2.37. The molecule has 2 heterocycles. The van der Waals surface area contributed by atoms with Crippen LogP contribution in [0.25, 0.3) is 11.1 Å². The minimum atomic E-state index is -4.97. The van der Waals surface area contributed by atoms with E-state index in [-0.39, 0.29) is 17.2 Å². The molecule has 3 aromatic rings. The molecule has 1 aliphatic heterocycles. The second kappa shape index (κ2) is 10.6. The van der Waals surface area contributed by atoms with E-state index in [4.69, 9.17) is 0 Å². The Hall–Kier alpha value is -3.60. The van der Waals surface area contributed by atoms with Crippen molar-refractivity contribution >= 4 is 11.7 Å². The lowest BCUT2D eigenvalue weighted by molar-refractivity contribution is -0.143. The Morgan fingerprint density at radius 2 is 1.47 bits per heavy atom. The van der Waals surface area contributed by atoms with Crippen LogP contribution in [0.5, 0.6) is 0 Å². The maximum Gasteiger partial charge on any atom is 0.416 e. The number of benzene rings is 2. The van der Waals surface area contributed by atoms with Crippen LogP contribution in [0, 0.1) is 6.92 Å². The summed E-state index contributed by atoms with van der Waals surface area (Å²) in [6.45, 7) is 4.33. The number of nitrogens with zero attached hydrogens (tertiary/aromatic N) is 3. The Bertz CT molecular complexity index is 1270. The third-order valence-corrected chi connectivity index (χ3v) is 6.43. The Kier molecular flexibility index (Phi) is 7.68. The van der Waals surface area contributed by atoms with Gasteiger partial charge in [0, 0.05) is 32.7 Å². The van der Waals surface area contributed by atoms with Crippen molar-refractivity contribution in [1.82, 2.24) is 15.2 Å². The van der Waals surface area contributed by atoms with Crippen molar-refractivity contribution in [1.29, 1.82) is 0 Å². The first-order valence-electron chi connectivity index (χ1n) is 11.9. The van der Waals surface area contributed by atoms with E-state index in [2.05, 4.69) is 20.1 Å². The SMILES string of the molecule is Cc1nc(N2CCN(C)CC2)cc(-c2ccccc2)c1C(=O)NCc1cc(C(F)(F)F)cc(C(F)(F)F)c1. The molecule has 0 bridgehead atoms. The van der Waals surface area contributed by atoms with Crippen LogP contribution < -0.4 is 10.2 Å². The summed E-state index contributed by atoms with van der Waals surface area (Å²) >= 11 is 0. The number of piperazine rings is 1. The molecule has 1 fully saturated rings. The van der Waals surface area contributed by atoms with Crippen molar-refractivity contribution in [2.24, 2.45) is 0 Å². The zero-order chi connectivity index (χ0) is 27.7. The van der Waals surface area contributed by atoms with Crippen molar-refractivity contribution in [3.8, 4) is 11.1 Å². The zero-order valence-electron chi connectivity index (χ0n) is 20.7. The minimum absolute atomic E-state index is 0.0595. The van der Waals surface area contributed by atoms with Gasteiger partial charge in [0.2, 0.25) is 0 Å². The molecule has 1 saturated heterocycles. The van der Waals surface area contributed by atoms with Crippen LogP contribution in [0.3, 0.4) is 0 Å². The number of pyridine rings is 1. The average Bonchev–Trinajstić information content (AvgIpc) is 2.86. The van der Waals surface area contributed by atoms with Gasteiger partial charge in [-0.25, -0.2) is 4.98 Å². The van der Waals surface area contributed by atoms with Crippen LogP contribution in [-0.2, 0) is 18.9 Å². The maximum atomic E-state index is 13.3. The molecular weight excluding hydrogens is 510 g/mol. The number of anilines is 1. The van der Waals surface area contributed by atoms with Gasteiger partial charge in [-0.3, -0.25) is 4.79 Å². The number of rotatable bonds is 5. The number of likely N-dealkylation sites (N-methyl/N-ethyl adjacent to an activating group) is 1. The van der Waals surface area contributed by atoms with Gasteiger partial charge in [-0.2, -0.15) is 26.3 Å². The first-order chi connectivity index (χ1) is 17.8. The molecule has 0 unspecified atom stereocenters. The summed E-state index contributed by atoms with van der Waals surface area (Å²) in [7, 11) is 2.03. The Morgan fingerprint density at radius 1 is 0.895 bits per heavy atom. The van der Waals surface area contributed by atoms with E-state index in [1.54, 1.807) is 13.0 Å². The van der Waals surface area contributed by atoms with Gasteiger partial charge in [-0.15, -0.1) is 0 Å². The number of hydrogen-bond acceptors (Lipinski definition) is 4. The second-order valence-corrected chi connectivity index (χ2v) is 9.24. The Balaban J connectivity index is 1.67. The molecule has 0 spiro atoms. The summed E-state index contributed by atoms with van der Waals surface area (Å²) in [6, 6.07) is 12.2. The normalized spacial score (nSPS) is 15.0. The predicted molar refractivity (Wildman–Crippen MR) is 132 cm³/mol. The van der Waals surface area contributed by atoms with Gasteiger partial charge in [0.1, 0.15) is 5.82 Å². The number of aryl methyl sites for hydroxylation is 1. The molecule has 0 atom stereocenters. The van der Waals surface area contributed by atoms with Crippen molar-refractivity contribution in [3.05, 3.63) is 82.5 Å². The number of carbonyl (C=O) groups excluding carboxylic acids is 1. The van der Waals surface area contributed by atoms with Crippen molar-refractivity contribution in [3.63, 3.8) is 0 Å². The lowest BCUT2D eigenvalue weighted by atomic mass is 9.98. The van der Waals surface area contributed by atoms with E-state index in [0.29, 0.717) is 29.2 Å². The molecule has 0 aliphatic carbocycles. The molecule has 1 N–H and O–H groups in total. The number of halogens is 6. The number of carbonyl (C=O) groups is 1. The van der Waals surface area contributed by atoms with Gasteiger partial charge in [-0.1, -0.05) is 30.3 Å². The molecule has 1 amide bonds. The lowest BCUT2D eigenvalue weighted by Gasteiger charge is -2.33. The van der Waals surface area contributed by atoms with Crippen molar-refractivity contribution in [2.75, 3.05) is 38.1 Å². The molecule has 2 aromatic carbocycles. The molecule has 38 heavy (non-hydrogen) atoms. The van der Waals surface area contributed by atoms with Gasteiger partial charge in [0.15, 0.2) is 0 Å². The zero-order valence-corrected chi connectivity index (χ0v) is 20.7. The number of alkyl halides is 6. The third kappa shape index (κ3) is 6.27. The summed E-state index contributed by atoms with van der Waals surface area (Å²) in [4.78, 5) is 22.2. The van der Waals surface area contributed by atoms with Crippen LogP contribution in [0.1, 0.15) is 32.7 Å². The maximum absolute atomic E-state index is 13.3. The highest BCUT2D eigenvalue weighted by molar-refractivity contribution is 6.02. The second-order valence-electron chi connectivity index (χ2n) is 9.24. The first kappa shape index (κ1) is 27.4. The van der Waals surface area contributed by atoms with Crippen LogP contribution in [0.15, 0.2) is 54.6 Å². The highest BCUT2D eigenvalue weighted by Crippen LogP contribution is 2.36. The van der Waals surface area contributed by atoms with Gasteiger partial charge >= 0.3 is 12.4 Å². The number of nitrogens with one attached hydrogen (secondary N) is 1. The molecule has 202 valence electrons. The summed E-state index contributed by atoms with van der Waals surface area (Å²) in [5, 5.41) is 2.49. The Labute approximate surface area is 216 Å². The fourth-order valence-corrected chi connectivity index (χ4v) is 4.38. The van der Waals surface area contributed by atoms with Crippen molar-refractivity contribution in [2.45, 2.75) is 25.8 Å². The van der Waals surface area contributed by atoms with Crippen molar-refractivity contribution < 1.29 is 31.1 Å². The fourth-order valence-electron chi connectivity index (χ4n) is 4.38. The molecule has 1 aliphatic rings. The summed E-state index contributed by atoms with van der Waals surface area (Å²) in [5.74, 6) is 0.0449. The van der Waals surface area contributed by atoms with E-state index in [1.807, 2.05) is 37.4 Å². The van der Waals surface area contributed by atoms with Gasteiger partial charge in [-0.05, 0) is 54.9 Å². The van der Waals surface area contributed by atoms with E-state index in [1.165, 1.54) is 0 Å². The average molecular weight is 537 g/mol. The molecule has 11 heteroatoms. The van der Waals surface area contributed by atoms with E-state index in [9.17, 15) is 31.1 Å². The predicted octanol–water partition coefficient (Wildman–Crippen LogP) is 5.78. The third-order valence-electron chi connectivity index (χ3n) is 6.43. The molecule has 4 rings (SSSR count). The summed E-state index contributed by atoms with van der Waals surface area (Å²) in [5.41, 5.74) is -1.27. The lowest BCUT2D eigenvalue weighted by Crippen LogP contribution is -2.45.